The Labute approximate surface area is 125 Å². The number of carbonyl (C=O) groups is 1. The third-order valence-corrected chi connectivity index (χ3v) is 2.75. The maximum Gasteiger partial charge on any atom is 0.416 e. The van der Waals surface area contributed by atoms with E-state index >= 15 is 0 Å². The van der Waals surface area contributed by atoms with Gasteiger partial charge in [0.1, 0.15) is 17.2 Å². The highest BCUT2D eigenvalue weighted by Gasteiger charge is 2.30. The van der Waals surface area contributed by atoms with Gasteiger partial charge in [-0.2, -0.15) is 13.2 Å². The zero-order chi connectivity index (χ0) is 16.2. The Bertz CT molecular complexity index is 619. The summed E-state index contributed by atoms with van der Waals surface area (Å²) in [5, 5.41) is 0. The smallest absolute Gasteiger partial charge is 0.416 e. The van der Waals surface area contributed by atoms with Gasteiger partial charge < -0.3 is 9.47 Å². The number of carbonyl (C=O) groups excluding carboxylic acids is 1. The molecule has 0 amide bonds. The molecule has 0 aliphatic heterocycles. The maximum atomic E-state index is 12.4. The normalized spacial score (nSPS) is 12.5. The largest absolute Gasteiger partial charge is 0.483 e. The molecule has 0 unspecified atom stereocenters. The predicted octanol–water partition coefficient (Wildman–Crippen LogP) is 4.46. The topological polar surface area (TPSA) is 35.5 Å². The van der Waals surface area contributed by atoms with Crippen LogP contribution in [0.25, 0.3) is 0 Å². The van der Waals surface area contributed by atoms with Crippen LogP contribution in [0.4, 0.5) is 13.2 Å². The number of alkyl halides is 3. The van der Waals surface area contributed by atoms with E-state index in [0.29, 0.717) is 23.5 Å². The van der Waals surface area contributed by atoms with Gasteiger partial charge in [0.15, 0.2) is 12.4 Å². The fourth-order valence-electron chi connectivity index (χ4n) is 1.68. The lowest BCUT2D eigenvalue weighted by Crippen LogP contribution is -2.12. The molecule has 0 saturated heterocycles. The van der Waals surface area contributed by atoms with Crippen LogP contribution in [0.3, 0.4) is 0 Å². The summed E-state index contributed by atoms with van der Waals surface area (Å²) in [5.41, 5.74) is -0.730. The first-order valence-corrected chi connectivity index (χ1v) is 6.45. The third kappa shape index (κ3) is 4.25. The first kappa shape index (κ1) is 15.9. The van der Waals surface area contributed by atoms with Crippen LogP contribution >= 0.6 is 0 Å². The minimum absolute atomic E-state index is 0.294. The van der Waals surface area contributed by atoms with Crippen molar-refractivity contribution in [2.45, 2.75) is 19.2 Å². The molecule has 0 heterocycles. The average Bonchev–Trinajstić information content (AvgIpc) is 2.49. The molecule has 0 radical (unpaired) electrons. The lowest BCUT2D eigenvalue weighted by Gasteiger charge is -2.11. The average molecular weight is 310 g/mol. The van der Waals surface area contributed by atoms with Crippen molar-refractivity contribution in [1.29, 1.82) is 0 Å². The molecule has 0 aliphatic carbocycles. The first-order chi connectivity index (χ1) is 10.4. The van der Waals surface area contributed by atoms with Gasteiger partial charge in [-0.15, -0.1) is 0 Å². The predicted molar refractivity (Wildman–Crippen MR) is 74.1 cm³/mol. The minimum Gasteiger partial charge on any atom is -0.483 e. The fraction of sp³-hybridized carbons (Fsp3) is 0.188. The maximum absolute atomic E-state index is 12.4. The SMILES string of the molecule is C[C@H](C=O)Oc1ccc(Oc2ccc(C(F)(F)F)cc2)cc1. The van der Waals surface area contributed by atoms with E-state index < -0.39 is 17.8 Å². The molecule has 0 fully saturated rings. The summed E-state index contributed by atoms with van der Waals surface area (Å²) < 4.78 is 48.0. The summed E-state index contributed by atoms with van der Waals surface area (Å²) in [7, 11) is 0. The number of rotatable bonds is 5. The Morgan fingerprint density at radius 1 is 0.909 bits per heavy atom. The Hall–Kier alpha value is -2.50. The second-order valence-corrected chi connectivity index (χ2v) is 4.55. The van der Waals surface area contributed by atoms with Gasteiger partial charge in [0.25, 0.3) is 0 Å². The van der Waals surface area contributed by atoms with E-state index in [0.717, 1.165) is 12.1 Å². The number of hydrogen-bond donors (Lipinski definition) is 0. The zero-order valence-corrected chi connectivity index (χ0v) is 11.6. The van der Waals surface area contributed by atoms with Crippen LogP contribution < -0.4 is 9.47 Å². The van der Waals surface area contributed by atoms with Crippen LogP contribution in [-0.2, 0) is 11.0 Å². The molecule has 0 bridgehead atoms. The van der Waals surface area contributed by atoms with E-state index in [1.807, 2.05) is 0 Å². The number of aldehydes is 1. The van der Waals surface area contributed by atoms with Crippen molar-refractivity contribution in [3.8, 4) is 17.2 Å². The van der Waals surface area contributed by atoms with Crippen molar-refractivity contribution in [1.82, 2.24) is 0 Å². The molecule has 0 N–H and O–H groups in total. The third-order valence-electron chi connectivity index (χ3n) is 2.75. The van der Waals surface area contributed by atoms with Crippen molar-refractivity contribution < 1.29 is 27.4 Å². The molecule has 6 heteroatoms. The number of halogens is 3. The highest BCUT2D eigenvalue weighted by molar-refractivity contribution is 5.56. The van der Waals surface area contributed by atoms with E-state index in [1.165, 1.54) is 12.1 Å². The molecular weight excluding hydrogens is 297 g/mol. The van der Waals surface area contributed by atoms with Gasteiger partial charge in [-0.3, -0.25) is 4.79 Å². The lowest BCUT2D eigenvalue weighted by atomic mass is 10.2. The Morgan fingerprint density at radius 3 is 1.82 bits per heavy atom. The Balaban J connectivity index is 2.03. The molecule has 1 atom stereocenters. The van der Waals surface area contributed by atoms with E-state index in [4.69, 9.17) is 9.47 Å². The number of hydrogen-bond acceptors (Lipinski definition) is 3. The minimum atomic E-state index is -4.37. The van der Waals surface area contributed by atoms with Gasteiger partial charge in [0, 0.05) is 0 Å². The van der Waals surface area contributed by atoms with Gasteiger partial charge in [0.05, 0.1) is 5.56 Å². The highest BCUT2D eigenvalue weighted by atomic mass is 19.4. The Morgan fingerprint density at radius 2 is 1.36 bits per heavy atom. The zero-order valence-electron chi connectivity index (χ0n) is 11.6. The molecule has 3 nitrogen and oxygen atoms in total. The van der Waals surface area contributed by atoms with E-state index in [9.17, 15) is 18.0 Å². The van der Waals surface area contributed by atoms with Gasteiger partial charge >= 0.3 is 6.18 Å². The van der Waals surface area contributed by atoms with Gasteiger partial charge in [0.2, 0.25) is 0 Å². The molecule has 0 spiro atoms. The molecule has 2 aromatic rings. The summed E-state index contributed by atoms with van der Waals surface area (Å²) >= 11 is 0. The molecule has 22 heavy (non-hydrogen) atoms. The summed E-state index contributed by atoms with van der Waals surface area (Å²) in [6.45, 7) is 1.61. The lowest BCUT2D eigenvalue weighted by molar-refractivity contribution is -0.137. The molecule has 2 rings (SSSR count). The summed E-state index contributed by atoms with van der Waals surface area (Å²) in [6, 6.07) is 10.8. The Kier molecular flexibility index (Phi) is 4.70. The summed E-state index contributed by atoms with van der Waals surface area (Å²) in [6.07, 6.45) is -4.25. The van der Waals surface area contributed by atoms with Crippen molar-refractivity contribution in [2.24, 2.45) is 0 Å². The molecular formula is C16H13F3O3. The van der Waals surface area contributed by atoms with Crippen LogP contribution in [0.2, 0.25) is 0 Å². The van der Waals surface area contributed by atoms with Crippen LogP contribution in [0.5, 0.6) is 17.2 Å². The molecule has 116 valence electrons. The number of benzene rings is 2. The van der Waals surface area contributed by atoms with Gasteiger partial charge in [-0.25, -0.2) is 0 Å². The van der Waals surface area contributed by atoms with Crippen LogP contribution in [0, 0.1) is 0 Å². The highest BCUT2D eigenvalue weighted by Crippen LogP contribution is 2.31. The number of ether oxygens (including phenoxy) is 2. The van der Waals surface area contributed by atoms with Crippen LogP contribution in [0.15, 0.2) is 48.5 Å². The van der Waals surface area contributed by atoms with Gasteiger partial charge in [-0.05, 0) is 55.5 Å². The molecule has 2 aromatic carbocycles. The van der Waals surface area contributed by atoms with Crippen molar-refractivity contribution in [2.75, 3.05) is 0 Å². The van der Waals surface area contributed by atoms with Crippen molar-refractivity contribution in [3.63, 3.8) is 0 Å². The quantitative estimate of drug-likeness (QED) is 0.765. The van der Waals surface area contributed by atoms with Crippen molar-refractivity contribution >= 4 is 6.29 Å². The van der Waals surface area contributed by atoms with E-state index in [-0.39, 0.29) is 0 Å². The van der Waals surface area contributed by atoms with Crippen LogP contribution in [-0.4, -0.2) is 12.4 Å². The van der Waals surface area contributed by atoms with E-state index in [1.54, 1.807) is 31.2 Å². The van der Waals surface area contributed by atoms with Crippen molar-refractivity contribution in [3.05, 3.63) is 54.1 Å². The molecule has 0 saturated carbocycles. The molecule has 0 aliphatic rings. The standard InChI is InChI=1S/C16H13F3O3/c1-11(10-20)21-13-6-8-15(9-7-13)22-14-4-2-12(3-5-14)16(17,18)19/h2-11H,1H3/t11-/m1/s1. The second-order valence-electron chi connectivity index (χ2n) is 4.55. The fourth-order valence-corrected chi connectivity index (χ4v) is 1.68. The van der Waals surface area contributed by atoms with E-state index in [2.05, 4.69) is 0 Å². The van der Waals surface area contributed by atoms with Gasteiger partial charge in [-0.1, -0.05) is 0 Å². The summed E-state index contributed by atoms with van der Waals surface area (Å²) in [4.78, 5) is 10.5. The summed E-state index contributed by atoms with van der Waals surface area (Å²) in [5.74, 6) is 1.24. The molecule has 0 aromatic heterocycles. The van der Waals surface area contributed by atoms with Crippen LogP contribution in [0.1, 0.15) is 12.5 Å². The first-order valence-electron chi connectivity index (χ1n) is 6.45. The second kappa shape index (κ2) is 6.51. The monoisotopic (exact) mass is 310 g/mol.